The van der Waals surface area contributed by atoms with Crippen molar-refractivity contribution in [2.24, 2.45) is 0 Å². The van der Waals surface area contributed by atoms with Gasteiger partial charge in [0, 0.05) is 29.4 Å². The first-order chi connectivity index (χ1) is 18.2. The van der Waals surface area contributed by atoms with Gasteiger partial charge in [0.2, 0.25) is 0 Å². The van der Waals surface area contributed by atoms with E-state index in [4.69, 9.17) is 4.74 Å². The van der Waals surface area contributed by atoms with Gasteiger partial charge in [0.25, 0.3) is 0 Å². The number of rotatable bonds is 6. The Morgan fingerprint density at radius 3 is 2.32 bits per heavy atom. The van der Waals surface area contributed by atoms with Gasteiger partial charge in [0.1, 0.15) is 12.4 Å². The minimum Gasteiger partial charge on any atom is -0.504 e. The summed E-state index contributed by atoms with van der Waals surface area (Å²) < 4.78 is 36.5. The fourth-order valence-corrected chi connectivity index (χ4v) is 5.27. The van der Waals surface area contributed by atoms with Crippen LogP contribution in [0.5, 0.6) is 5.75 Å². The minimum absolute atomic E-state index is 0.0205. The number of aromatic nitrogens is 1. The number of carboxylic acids is 1. The van der Waals surface area contributed by atoms with Crippen molar-refractivity contribution in [3.8, 4) is 22.6 Å². The van der Waals surface area contributed by atoms with Crippen LogP contribution in [-0.2, 0) is 10.2 Å². The smallest absolute Gasteiger partial charge is 0.406 e. The second kappa shape index (κ2) is 9.48. The first kappa shape index (κ1) is 25.3. The zero-order valence-electron chi connectivity index (χ0n) is 20.8. The number of nitrogens with one attached hydrogen (secondary N) is 1. The quantitative estimate of drug-likeness (QED) is 0.287. The number of ether oxygens (including phenoxy) is 1. The molecule has 0 aliphatic heterocycles. The van der Waals surface area contributed by atoms with Gasteiger partial charge in [-0.05, 0) is 73.4 Å². The summed E-state index contributed by atoms with van der Waals surface area (Å²) in [7, 11) is 1.46. The molecule has 3 N–H and O–H groups in total. The number of fused-ring (bicyclic) bond motifs is 1. The highest BCUT2D eigenvalue weighted by atomic mass is 19.1. The molecule has 1 aliphatic carbocycles. The molecule has 0 radical (unpaired) electrons. The Kier molecular flexibility index (Phi) is 6.30. The molecule has 4 aromatic rings. The van der Waals surface area contributed by atoms with Gasteiger partial charge in [-0.25, -0.2) is 18.4 Å². The molecular weight excluding hydrogens is 494 g/mol. The lowest BCUT2D eigenvalue weighted by molar-refractivity contribution is 0.0696. The topological polar surface area (TPSA) is 101 Å². The van der Waals surface area contributed by atoms with E-state index in [1.54, 1.807) is 37.3 Å². The predicted octanol–water partition coefficient (Wildman–Crippen LogP) is 6.07. The summed E-state index contributed by atoms with van der Waals surface area (Å²) in [4.78, 5) is 23.6. The fraction of sp³-hybridized carbons (Fsp3) is 0.241. The zero-order chi connectivity index (χ0) is 27.2. The Balaban J connectivity index is 1.89. The summed E-state index contributed by atoms with van der Waals surface area (Å²) in [6.45, 7) is 1.66. The number of halogens is 2. The molecule has 0 unspecified atom stereocenters. The predicted molar refractivity (Wildman–Crippen MR) is 138 cm³/mol. The molecule has 1 aliphatic rings. The number of aromatic carboxylic acids is 1. The minimum atomic E-state index is -1.09. The van der Waals surface area contributed by atoms with Gasteiger partial charge in [0.15, 0.2) is 11.6 Å². The normalized spacial score (nSPS) is 14.2. The van der Waals surface area contributed by atoms with Crippen LogP contribution in [-0.4, -0.2) is 40.5 Å². The van der Waals surface area contributed by atoms with E-state index < -0.39 is 29.0 Å². The molecule has 9 heteroatoms. The summed E-state index contributed by atoms with van der Waals surface area (Å²) >= 11 is 0. The standard InChI is InChI=1S/C29H26F2N2O5/c1-16-14-19(8-9-20(16)30)33-22-11-10-21(31)25(34)24(22)23(17-4-6-18(7-5-17)27(35)36)26(33)29(12-3-13-29)15-38-28(37)32-2/h4-11,14,34H,3,12-13,15H2,1-2H3,(H,32,37)(H,35,36). The lowest BCUT2D eigenvalue weighted by Crippen LogP contribution is -2.42. The lowest BCUT2D eigenvalue weighted by atomic mass is 9.65. The van der Waals surface area contributed by atoms with Gasteiger partial charge in [-0.3, -0.25) is 0 Å². The maximum absolute atomic E-state index is 14.8. The van der Waals surface area contributed by atoms with Crippen LogP contribution in [0.25, 0.3) is 27.7 Å². The maximum Gasteiger partial charge on any atom is 0.406 e. The van der Waals surface area contributed by atoms with Crippen LogP contribution in [0.3, 0.4) is 0 Å². The first-order valence-corrected chi connectivity index (χ1v) is 12.2. The van der Waals surface area contributed by atoms with Crippen LogP contribution < -0.4 is 5.32 Å². The summed E-state index contributed by atoms with van der Waals surface area (Å²) in [6, 6.07) is 13.4. The number of carboxylic acid groups (broad SMARTS) is 1. The van der Waals surface area contributed by atoms with Crippen molar-refractivity contribution >= 4 is 23.0 Å². The third kappa shape index (κ3) is 4.04. The number of aryl methyl sites for hydroxylation is 1. The molecule has 0 atom stereocenters. The van der Waals surface area contributed by atoms with Gasteiger partial charge >= 0.3 is 12.1 Å². The van der Waals surface area contributed by atoms with E-state index in [9.17, 15) is 28.6 Å². The average molecular weight is 521 g/mol. The van der Waals surface area contributed by atoms with Crippen LogP contribution in [0.15, 0.2) is 54.6 Å². The Hall–Kier alpha value is -4.40. The van der Waals surface area contributed by atoms with Gasteiger partial charge < -0.3 is 24.8 Å². The molecule has 0 saturated heterocycles. The SMILES string of the molecule is CNC(=O)OCC1(c2c(-c3ccc(C(=O)O)cc3)c3c(O)c(F)ccc3n2-c2ccc(F)c(C)c2)CCC1. The second-order valence-corrected chi connectivity index (χ2v) is 9.63. The molecule has 0 spiro atoms. The Bertz CT molecular complexity index is 1570. The van der Waals surface area contributed by atoms with Crippen molar-refractivity contribution < 1.29 is 33.3 Å². The van der Waals surface area contributed by atoms with E-state index in [2.05, 4.69) is 5.32 Å². The Morgan fingerprint density at radius 1 is 1.05 bits per heavy atom. The van der Waals surface area contributed by atoms with Gasteiger partial charge in [-0.2, -0.15) is 0 Å². The van der Waals surface area contributed by atoms with Gasteiger partial charge in [0.05, 0.1) is 16.5 Å². The summed E-state index contributed by atoms with van der Waals surface area (Å²) in [5.74, 6) is -2.85. The van der Waals surface area contributed by atoms with E-state index in [1.165, 1.54) is 31.3 Å². The third-order valence-electron chi connectivity index (χ3n) is 7.37. The van der Waals surface area contributed by atoms with Crippen LogP contribution in [0, 0.1) is 18.6 Å². The van der Waals surface area contributed by atoms with E-state index in [0.717, 1.165) is 6.42 Å². The highest BCUT2D eigenvalue weighted by Crippen LogP contribution is 2.53. The molecular formula is C29H26F2N2O5. The van der Waals surface area contributed by atoms with E-state index in [1.807, 2.05) is 4.57 Å². The van der Waals surface area contributed by atoms with Crippen LogP contribution in [0.4, 0.5) is 13.6 Å². The monoisotopic (exact) mass is 520 g/mol. The van der Waals surface area contributed by atoms with Crippen molar-refractivity contribution in [3.05, 3.63) is 83.1 Å². The molecule has 5 rings (SSSR count). The number of nitrogens with zero attached hydrogens (tertiary/aromatic N) is 1. The Labute approximate surface area is 217 Å². The molecule has 38 heavy (non-hydrogen) atoms. The number of hydrogen-bond donors (Lipinski definition) is 3. The van der Waals surface area contributed by atoms with Crippen LogP contribution >= 0.6 is 0 Å². The highest BCUT2D eigenvalue weighted by molar-refractivity contribution is 6.04. The number of benzene rings is 3. The largest absolute Gasteiger partial charge is 0.504 e. The molecule has 3 aromatic carbocycles. The molecule has 1 saturated carbocycles. The van der Waals surface area contributed by atoms with Crippen molar-refractivity contribution in [1.29, 1.82) is 0 Å². The van der Waals surface area contributed by atoms with Gasteiger partial charge in [-0.15, -0.1) is 0 Å². The number of alkyl carbamates (subject to hydrolysis) is 1. The zero-order valence-corrected chi connectivity index (χ0v) is 20.8. The van der Waals surface area contributed by atoms with Crippen LogP contribution in [0.2, 0.25) is 0 Å². The number of hydrogen-bond acceptors (Lipinski definition) is 4. The lowest BCUT2D eigenvalue weighted by Gasteiger charge is -2.43. The van der Waals surface area contributed by atoms with Crippen molar-refractivity contribution in [1.82, 2.24) is 9.88 Å². The number of amides is 1. The molecule has 1 amide bonds. The van der Waals surface area contributed by atoms with Gasteiger partial charge in [-0.1, -0.05) is 18.6 Å². The summed E-state index contributed by atoms with van der Waals surface area (Å²) in [5.41, 5.74) is 2.57. The molecule has 1 aromatic heterocycles. The second-order valence-electron chi connectivity index (χ2n) is 9.63. The summed E-state index contributed by atoms with van der Waals surface area (Å²) in [6.07, 6.45) is 1.53. The number of phenols is 1. The Morgan fingerprint density at radius 2 is 1.74 bits per heavy atom. The van der Waals surface area contributed by atoms with Crippen LogP contribution in [0.1, 0.15) is 40.9 Å². The number of carbonyl (C=O) groups excluding carboxylic acids is 1. The first-order valence-electron chi connectivity index (χ1n) is 12.2. The highest BCUT2D eigenvalue weighted by Gasteiger charge is 2.46. The average Bonchev–Trinajstić information content (AvgIpc) is 3.23. The third-order valence-corrected chi connectivity index (χ3v) is 7.37. The molecule has 1 fully saturated rings. The fourth-order valence-electron chi connectivity index (χ4n) is 5.27. The molecule has 1 heterocycles. The van der Waals surface area contributed by atoms with Crippen molar-refractivity contribution in [2.45, 2.75) is 31.6 Å². The maximum atomic E-state index is 14.8. The molecule has 7 nitrogen and oxygen atoms in total. The number of phenolic OH excluding ortho intramolecular Hbond substituents is 1. The van der Waals surface area contributed by atoms with E-state index in [0.29, 0.717) is 46.4 Å². The molecule has 0 bridgehead atoms. The summed E-state index contributed by atoms with van der Waals surface area (Å²) in [5, 5.41) is 23.1. The van der Waals surface area contributed by atoms with Crippen molar-refractivity contribution in [2.75, 3.05) is 13.7 Å². The van der Waals surface area contributed by atoms with E-state index in [-0.39, 0.29) is 23.4 Å². The van der Waals surface area contributed by atoms with E-state index >= 15 is 0 Å². The molecule has 196 valence electrons. The van der Waals surface area contributed by atoms with Crippen molar-refractivity contribution in [3.63, 3.8) is 0 Å². The number of carbonyl (C=O) groups is 2. The number of aromatic hydroxyl groups is 1.